The number of aromatic nitrogens is 1. The van der Waals surface area contributed by atoms with Crippen molar-refractivity contribution in [3.8, 4) is 0 Å². The number of benzene rings is 1. The standard InChI is InChI=1S/C14H17N3O2S.ClH/c1-19-14(6-8-15-9-7-14)12(18)17-13-16-10-4-2-3-5-11(10)20-13;/h2-5,15H,6-9H2,1H3,(H,16,17,18);1H. The second-order valence-electron chi connectivity index (χ2n) is 4.89. The first-order valence-corrected chi connectivity index (χ1v) is 7.48. The normalized spacial score (nSPS) is 17.2. The summed E-state index contributed by atoms with van der Waals surface area (Å²) < 4.78 is 6.58. The van der Waals surface area contributed by atoms with Crippen molar-refractivity contribution in [1.29, 1.82) is 0 Å². The van der Waals surface area contributed by atoms with E-state index in [0.29, 0.717) is 18.0 Å². The Balaban J connectivity index is 0.00000161. The van der Waals surface area contributed by atoms with Crippen LogP contribution in [0.1, 0.15) is 12.8 Å². The average molecular weight is 328 g/mol. The van der Waals surface area contributed by atoms with Crippen molar-refractivity contribution < 1.29 is 9.53 Å². The van der Waals surface area contributed by atoms with Crippen molar-refractivity contribution in [2.24, 2.45) is 0 Å². The number of piperidine rings is 1. The zero-order valence-corrected chi connectivity index (χ0v) is 13.4. The van der Waals surface area contributed by atoms with Crippen molar-refractivity contribution in [2.75, 3.05) is 25.5 Å². The fraction of sp³-hybridized carbons (Fsp3) is 0.429. The summed E-state index contributed by atoms with van der Waals surface area (Å²) in [4.78, 5) is 16.9. The van der Waals surface area contributed by atoms with Crippen LogP contribution in [0.3, 0.4) is 0 Å². The van der Waals surface area contributed by atoms with Gasteiger partial charge in [0, 0.05) is 7.11 Å². The molecule has 7 heteroatoms. The van der Waals surface area contributed by atoms with Crippen molar-refractivity contribution in [3.05, 3.63) is 24.3 Å². The van der Waals surface area contributed by atoms with Crippen molar-refractivity contribution in [3.63, 3.8) is 0 Å². The second kappa shape index (κ2) is 6.70. The molecule has 1 aromatic carbocycles. The highest BCUT2D eigenvalue weighted by atomic mass is 35.5. The molecule has 0 spiro atoms. The Labute approximate surface area is 133 Å². The van der Waals surface area contributed by atoms with Gasteiger partial charge in [0.05, 0.1) is 10.2 Å². The van der Waals surface area contributed by atoms with E-state index in [0.717, 1.165) is 23.3 Å². The van der Waals surface area contributed by atoms with E-state index in [1.807, 2.05) is 24.3 Å². The molecule has 114 valence electrons. The number of nitrogens with zero attached hydrogens (tertiary/aromatic N) is 1. The lowest BCUT2D eigenvalue weighted by Crippen LogP contribution is -2.51. The highest BCUT2D eigenvalue weighted by Crippen LogP contribution is 2.28. The first-order chi connectivity index (χ1) is 9.73. The van der Waals surface area contributed by atoms with Gasteiger partial charge in [-0.05, 0) is 38.1 Å². The fourth-order valence-corrected chi connectivity index (χ4v) is 3.35. The topological polar surface area (TPSA) is 63.2 Å². The van der Waals surface area contributed by atoms with Crippen molar-refractivity contribution in [2.45, 2.75) is 18.4 Å². The summed E-state index contributed by atoms with van der Waals surface area (Å²) in [5.41, 5.74) is 0.174. The number of nitrogens with one attached hydrogen (secondary N) is 2. The van der Waals surface area contributed by atoms with E-state index in [-0.39, 0.29) is 18.3 Å². The first-order valence-electron chi connectivity index (χ1n) is 6.66. The Morgan fingerprint density at radius 2 is 2.10 bits per heavy atom. The predicted molar refractivity (Wildman–Crippen MR) is 87.3 cm³/mol. The highest BCUT2D eigenvalue weighted by Gasteiger charge is 2.40. The van der Waals surface area contributed by atoms with Crippen LogP contribution >= 0.6 is 23.7 Å². The number of rotatable bonds is 3. The lowest BCUT2D eigenvalue weighted by molar-refractivity contribution is -0.140. The molecule has 0 aliphatic carbocycles. The van der Waals surface area contributed by atoms with Gasteiger partial charge in [0.15, 0.2) is 5.13 Å². The summed E-state index contributed by atoms with van der Waals surface area (Å²) in [6, 6.07) is 7.85. The van der Waals surface area contributed by atoms with Crippen LogP contribution in [0.4, 0.5) is 5.13 Å². The molecule has 1 fully saturated rings. The molecule has 21 heavy (non-hydrogen) atoms. The molecule has 1 saturated heterocycles. The Bertz CT molecular complexity index is 592. The summed E-state index contributed by atoms with van der Waals surface area (Å²) in [5.74, 6) is -0.0967. The lowest BCUT2D eigenvalue weighted by Gasteiger charge is -2.34. The van der Waals surface area contributed by atoms with Gasteiger partial charge >= 0.3 is 0 Å². The molecule has 1 aromatic heterocycles. The van der Waals surface area contributed by atoms with E-state index < -0.39 is 5.60 Å². The predicted octanol–water partition coefficient (Wildman–Crippen LogP) is 2.43. The molecule has 0 saturated carbocycles. The van der Waals surface area contributed by atoms with E-state index in [9.17, 15) is 4.79 Å². The van der Waals surface area contributed by atoms with Gasteiger partial charge in [-0.25, -0.2) is 4.98 Å². The SMILES string of the molecule is COC1(C(=O)Nc2nc3ccccc3s2)CCNCC1.Cl. The van der Waals surface area contributed by atoms with Crippen LogP contribution in [0, 0.1) is 0 Å². The van der Waals surface area contributed by atoms with Crippen LogP contribution in [0.15, 0.2) is 24.3 Å². The second-order valence-corrected chi connectivity index (χ2v) is 5.92. The molecule has 1 aliphatic rings. The van der Waals surface area contributed by atoms with E-state index in [1.54, 1.807) is 7.11 Å². The first kappa shape index (κ1) is 16.2. The molecular weight excluding hydrogens is 310 g/mol. The van der Waals surface area contributed by atoms with E-state index in [1.165, 1.54) is 11.3 Å². The van der Waals surface area contributed by atoms with Crippen LogP contribution in [0.25, 0.3) is 10.2 Å². The van der Waals surface area contributed by atoms with Gasteiger partial charge in [0.2, 0.25) is 0 Å². The number of carbonyl (C=O) groups excluding carboxylic acids is 1. The minimum absolute atomic E-state index is 0. The minimum atomic E-state index is -0.733. The van der Waals surface area contributed by atoms with E-state index in [2.05, 4.69) is 15.6 Å². The number of ether oxygens (including phenoxy) is 1. The van der Waals surface area contributed by atoms with Crippen molar-refractivity contribution in [1.82, 2.24) is 10.3 Å². The number of halogens is 1. The molecule has 1 amide bonds. The Morgan fingerprint density at radius 1 is 1.38 bits per heavy atom. The van der Waals surface area contributed by atoms with Crippen LogP contribution in [-0.4, -0.2) is 36.7 Å². The Hall–Kier alpha value is -1.21. The zero-order valence-electron chi connectivity index (χ0n) is 11.7. The van der Waals surface area contributed by atoms with Gasteiger partial charge in [-0.2, -0.15) is 0 Å². The van der Waals surface area contributed by atoms with Crippen LogP contribution in [0.2, 0.25) is 0 Å². The number of para-hydroxylation sites is 1. The quantitative estimate of drug-likeness (QED) is 0.909. The molecular formula is C14H18ClN3O2S. The molecule has 0 bridgehead atoms. The fourth-order valence-electron chi connectivity index (χ4n) is 2.49. The number of methoxy groups -OCH3 is 1. The number of amides is 1. The summed E-state index contributed by atoms with van der Waals surface area (Å²) >= 11 is 1.48. The van der Waals surface area contributed by atoms with Crippen LogP contribution in [0.5, 0.6) is 0 Å². The van der Waals surface area contributed by atoms with Crippen LogP contribution in [-0.2, 0) is 9.53 Å². The van der Waals surface area contributed by atoms with Gasteiger partial charge < -0.3 is 10.1 Å². The molecule has 2 heterocycles. The maximum atomic E-state index is 12.5. The minimum Gasteiger partial charge on any atom is -0.368 e. The number of thiazole rings is 1. The molecule has 1 aliphatic heterocycles. The Kier molecular flexibility index (Phi) is 5.16. The van der Waals surface area contributed by atoms with Gasteiger partial charge in [-0.3, -0.25) is 10.1 Å². The molecule has 2 N–H and O–H groups in total. The number of carbonyl (C=O) groups is 1. The van der Waals surface area contributed by atoms with E-state index >= 15 is 0 Å². The monoisotopic (exact) mass is 327 g/mol. The average Bonchev–Trinajstić information content (AvgIpc) is 2.90. The Morgan fingerprint density at radius 3 is 2.76 bits per heavy atom. The summed E-state index contributed by atoms with van der Waals surface area (Å²) in [5, 5.41) is 6.78. The number of hydrogen-bond acceptors (Lipinski definition) is 5. The summed E-state index contributed by atoms with van der Waals surface area (Å²) in [7, 11) is 1.60. The highest BCUT2D eigenvalue weighted by molar-refractivity contribution is 7.22. The smallest absolute Gasteiger partial charge is 0.258 e. The third kappa shape index (κ3) is 3.18. The maximum Gasteiger partial charge on any atom is 0.258 e. The third-order valence-corrected chi connectivity index (χ3v) is 4.68. The molecule has 0 unspecified atom stereocenters. The molecule has 3 rings (SSSR count). The largest absolute Gasteiger partial charge is 0.368 e. The van der Waals surface area contributed by atoms with Gasteiger partial charge in [-0.15, -0.1) is 12.4 Å². The number of hydrogen-bond donors (Lipinski definition) is 2. The summed E-state index contributed by atoms with van der Waals surface area (Å²) in [6.07, 6.45) is 1.36. The zero-order chi connectivity index (χ0) is 14.0. The van der Waals surface area contributed by atoms with Gasteiger partial charge in [0.25, 0.3) is 5.91 Å². The number of fused-ring (bicyclic) bond motifs is 1. The lowest BCUT2D eigenvalue weighted by atomic mass is 9.91. The van der Waals surface area contributed by atoms with Gasteiger partial charge in [-0.1, -0.05) is 23.5 Å². The summed E-state index contributed by atoms with van der Waals surface area (Å²) in [6.45, 7) is 1.59. The van der Waals surface area contributed by atoms with E-state index in [4.69, 9.17) is 4.74 Å². The molecule has 0 radical (unpaired) electrons. The third-order valence-electron chi connectivity index (χ3n) is 3.73. The number of anilines is 1. The van der Waals surface area contributed by atoms with Crippen molar-refractivity contribution >= 4 is 45.0 Å². The van der Waals surface area contributed by atoms with Crippen LogP contribution < -0.4 is 10.6 Å². The molecule has 0 atom stereocenters. The molecule has 2 aromatic rings. The molecule has 5 nitrogen and oxygen atoms in total. The van der Waals surface area contributed by atoms with Gasteiger partial charge in [0.1, 0.15) is 5.60 Å². The maximum absolute atomic E-state index is 12.5.